The summed E-state index contributed by atoms with van der Waals surface area (Å²) in [4.78, 5) is 20.8. The molecule has 2 aromatic heterocycles. The van der Waals surface area contributed by atoms with Crippen LogP contribution in [0.2, 0.25) is 0 Å². The molecule has 0 atom stereocenters. The third-order valence-corrected chi connectivity index (χ3v) is 10.4. The molecule has 0 saturated carbocycles. The van der Waals surface area contributed by atoms with Gasteiger partial charge in [-0.15, -0.1) is 46.2 Å². The van der Waals surface area contributed by atoms with E-state index in [1.807, 2.05) is 65.0 Å². The van der Waals surface area contributed by atoms with Crippen molar-refractivity contribution in [1.82, 2.24) is 9.97 Å². The van der Waals surface area contributed by atoms with E-state index in [0.717, 1.165) is 79.1 Å². The Labute approximate surface area is 305 Å². The average molecular weight is 868 g/mol. The molecule has 4 nitrogen and oxygen atoms in total. The zero-order valence-corrected chi connectivity index (χ0v) is 32.7. The van der Waals surface area contributed by atoms with Crippen molar-refractivity contribution >= 4 is 48.2 Å². The zero-order valence-electron chi connectivity index (χ0n) is 29.5. The topological polar surface area (TPSA) is 63.1 Å². The van der Waals surface area contributed by atoms with Crippen molar-refractivity contribution < 1.29 is 43.2 Å². The summed E-state index contributed by atoms with van der Waals surface area (Å²) in [5.74, 6) is 0.547. The van der Waals surface area contributed by atoms with Gasteiger partial charge in [0.15, 0.2) is 5.78 Å². The van der Waals surface area contributed by atoms with Gasteiger partial charge in [-0.3, -0.25) is 9.78 Å². The predicted molar refractivity (Wildman–Crippen MR) is 194 cm³/mol. The minimum atomic E-state index is -4.25. The van der Waals surface area contributed by atoms with E-state index in [1.165, 1.54) is 19.9 Å². The smallest absolute Gasteiger partial charge is 0.394 e. The Morgan fingerprint density at radius 3 is 2.12 bits per heavy atom. The maximum atomic E-state index is 13.4. The first-order valence-electron chi connectivity index (χ1n) is 16.7. The Morgan fingerprint density at radius 1 is 0.898 bits per heavy atom. The summed E-state index contributed by atoms with van der Waals surface area (Å²) in [5.41, 5.74) is 3.77. The van der Waals surface area contributed by atoms with E-state index in [0.29, 0.717) is 5.56 Å². The van der Waals surface area contributed by atoms with E-state index in [2.05, 4.69) is 35.1 Å². The van der Waals surface area contributed by atoms with Crippen LogP contribution in [-0.2, 0) is 31.3 Å². The Kier molecular flexibility index (Phi) is 13.7. The number of ketones is 1. The molecular formula is C40H46F3IrN2O2S-. The first kappa shape index (κ1) is 40.3. The molecule has 2 heterocycles. The Balaban J connectivity index is 0.000000347. The van der Waals surface area contributed by atoms with E-state index in [9.17, 15) is 23.1 Å². The van der Waals surface area contributed by atoms with Gasteiger partial charge in [-0.1, -0.05) is 85.7 Å². The summed E-state index contributed by atoms with van der Waals surface area (Å²) >= 11 is 1.62. The number of allylic oxidation sites excluding steroid dienone is 2. The fourth-order valence-electron chi connectivity index (χ4n) is 6.13. The quantitative estimate of drug-likeness (QED) is 0.0863. The fourth-order valence-corrected chi connectivity index (χ4v) is 7.42. The molecule has 0 aliphatic heterocycles. The summed E-state index contributed by atoms with van der Waals surface area (Å²) in [6, 6.07) is 17.2. The second kappa shape index (κ2) is 16.7. The van der Waals surface area contributed by atoms with Crippen LogP contribution in [0, 0.1) is 37.2 Å². The van der Waals surface area contributed by atoms with Gasteiger partial charge < -0.3 is 5.11 Å². The Morgan fingerprint density at radius 2 is 1.53 bits per heavy atom. The van der Waals surface area contributed by atoms with Crippen LogP contribution in [0.5, 0.6) is 0 Å². The number of aliphatic hydroxyl groups excluding tert-OH is 1. The number of carbonyl (C=O) groups is 1. The number of thiophene rings is 1. The maximum Gasteiger partial charge on any atom is 0.394 e. The number of nitrogens with zero attached hydrogens (tertiary/aromatic N) is 2. The number of rotatable bonds is 10. The molecule has 5 aromatic rings. The van der Waals surface area contributed by atoms with Gasteiger partial charge in [-0.05, 0) is 48.4 Å². The minimum Gasteiger partial charge on any atom is -0.512 e. The van der Waals surface area contributed by atoms with E-state index in [1.54, 1.807) is 17.7 Å². The molecule has 0 saturated heterocycles. The van der Waals surface area contributed by atoms with E-state index in [-0.39, 0.29) is 49.9 Å². The van der Waals surface area contributed by atoms with Crippen molar-refractivity contribution in [3.05, 3.63) is 83.4 Å². The molecule has 3 aromatic carbocycles. The van der Waals surface area contributed by atoms with E-state index in [4.69, 9.17) is 0 Å². The van der Waals surface area contributed by atoms with Gasteiger partial charge in [0.1, 0.15) is 6.33 Å². The number of aliphatic hydroxyl groups is 1. The van der Waals surface area contributed by atoms with Crippen molar-refractivity contribution in [2.24, 2.45) is 17.3 Å². The molecular weight excluding hydrogens is 822 g/mol. The van der Waals surface area contributed by atoms with Crippen LogP contribution in [0.3, 0.4) is 0 Å². The van der Waals surface area contributed by atoms with Gasteiger partial charge in [-0.25, -0.2) is 4.98 Å². The molecule has 265 valence electrons. The first-order chi connectivity index (χ1) is 22.6. The number of benzene rings is 3. The molecule has 5 rings (SSSR count). The maximum absolute atomic E-state index is 13.4. The van der Waals surface area contributed by atoms with Crippen molar-refractivity contribution in [2.75, 3.05) is 0 Å². The third kappa shape index (κ3) is 9.16. The molecule has 0 aliphatic rings. The van der Waals surface area contributed by atoms with Crippen LogP contribution >= 0.6 is 11.3 Å². The standard InChI is InChI=1S/C27H22F3N2S.C13H24O2.Ir/c1-15-9-16(2)11-19(10-15)22-25-23(32-14-31-22)21-8-6-18-12-17(5-7-20(18)24(21)33-25)13-26(3,4)27(28,29)30;1-5-10(6-2)12(14)9-13(15)11(7-3)8-4;/h5-10,12,14H,13H2,1-4H3;9-11,14H,5-8H2,1-4H3;/q-1;;/b;12-9-;. The SMILES string of the molecule is CCC(CC)C(=O)/C=C(\O)C(CC)CC.Cc1[c-]c(-c2ncnc3c2sc2c4ccc(CC(C)(C)C(F)(F)F)cc4ccc32)cc(C)c1.[Ir]. The zero-order chi connectivity index (χ0) is 35.4. The van der Waals surface area contributed by atoms with Crippen LogP contribution in [0.25, 0.3) is 42.3 Å². The van der Waals surface area contributed by atoms with Gasteiger partial charge in [-0.2, -0.15) is 13.2 Å². The summed E-state index contributed by atoms with van der Waals surface area (Å²) in [5, 5.41) is 12.7. The molecule has 9 heteroatoms. The second-order valence-corrected chi connectivity index (χ2v) is 14.3. The van der Waals surface area contributed by atoms with Gasteiger partial charge >= 0.3 is 6.18 Å². The van der Waals surface area contributed by atoms with Crippen LogP contribution in [0.15, 0.2) is 60.6 Å². The van der Waals surface area contributed by atoms with Crippen LogP contribution in [0.1, 0.15) is 83.9 Å². The number of carbonyl (C=O) groups excluding carboxylic acids is 1. The van der Waals surface area contributed by atoms with E-state index < -0.39 is 11.6 Å². The summed E-state index contributed by atoms with van der Waals surface area (Å²) in [6.07, 6.45) is 2.18. The second-order valence-electron chi connectivity index (χ2n) is 13.3. The first-order valence-corrected chi connectivity index (χ1v) is 17.6. The molecule has 0 unspecified atom stereocenters. The van der Waals surface area contributed by atoms with Gasteiger partial charge in [0.2, 0.25) is 0 Å². The number of fused-ring (bicyclic) bond motifs is 5. The molecule has 1 N–H and O–H groups in total. The van der Waals surface area contributed by atoms with Crippen molar-refractivity contribution in [3.8, 4) is 11.3 Å². The average Bonchev–Trinajstić information content (AvgIpc) is 3.40. The Hall–Kier alpha value is -3.13. The number of hydrogen-bond donors (Lipinski definition) is 1. The minimum absolute atomic E-state index is 0. The molecule has 0 aliphatic carbocycles. The van der Waals surface area contributed by atoms with Crippen LogP contribution in [-0.4, -0.2) is 27.0 Å². The van der Waals surface area contributed by atoms with Crippen LogP contribution < -0.4 is 0 Å². The number of aromatic nitrogens is 2. The van der Waals surface area contributed by atoms with Crippen LogP contribution in [0.4, 0.5) is 13.2 Å². The fraction of sp³-hybridized carbons (Fsp3) is 0.425. The summed E-state index contributed by atoms with van der Waals surface area (Å²) < 4.78 is 42.2. The Bertz CT molecular complexity index is 1920. The molecule has 0 amide bonds. The predicted octanol–water partition coefficient (Wildman–Crippen LogP) is 12.1. The summed E-state index contributed by atoms with van der Waals surface area (Å²) in [7, 11) is 0. The van der Waals surface area contributed by atoms with Crippen molar-refractivity contribution in [3.63, 3.8) is 0 Å². The molecule has 0 bridgehead atoms. The number of hydrogen-bond acceptors (Lipinski definition) is 5. The molecule has 0 fully saturated rings. The normalized spacial score (nSPS) is 12.5. The van der Waals surface area contributed by atoms with Gasteiger partial charge in [0.25, 0.3) is 0 Å². The molecule has 1 radical (unpaired) electrons. The largest absolute Gasteiger partial charge is 0.512 e. The van der Waals surface area contributed by atoms with Crippen molar-refractivity contribution in [2.45, 2.75) is 93.7 Å². The number of aryl methyl sites for hydroxylation is 2. The monoisotopic (exact) mass is 868 g/mol. The molecule has 49 heavy (non-hydrogen) atoms. The van der Waals surface area contributed by atoms with Gasteiger partial charge in [0.05, 0.1) is 16.7 Å². The van der Waals surface area contributed by atoms with Crippen molar-refractivity contribution in [1.29, 1.82) is 0 Å². The third-order valence-electron chi connectivity index (χ3n) is 9.20. The van der Waals surface area contributed by atoms with E-state index >= 15 is 0 Å². The number of alkyl halides is 3. The van der Waals surface area contributed by atoms with Gasteiger partial charge in [0, 0.05) is 58.5 Å². The molecule has 0 spiro atoms. The number of halogens is 3. The summed E-state index contributed by atoms with van der Waals surface area (Å²) in [6.45, 7) is 14.6.